The third-order valence-electron chi connectivity index (χ3n) is 5.08. The normalized spacial score (nSPS) is 24.1. The SMILES string of the molecule is O=C(NC1CCCCC1)[C@@H]1CCCN(Cc2ccccc2)C1. The summed E-state index contributed by atoms with van der Waals surface area (Å²) in [7, 11) is 0. The molecule has 1 saturated carbocycles. The topological polar surface area (TPSA) is 32.3 Å². The van der Waals surface area contributed by atoms with Gasteiger partial charge in [0.25, 0.3) is 0 Å². The van der Waals surface area contributed by atoms with Crippen LogP contribution in [-0.2, 0) is 11.3 Å². The lowest BCUT2D eigenvalue weighted by atomic mass is 9.93. The van der Waals surface area contributed by atoms with Crippen molar-refractivity contribution in [3.05, 3.63) is 35.9 Å². The summed E-state index contributed by atoms with van der Waals surface area (Å²) >= 11 is 0. The van der Waals surface area contributed by atoms with Gasteiger partial charge in [-0.3, -0.25) is 9.69 Å². The van der Waals surface area contributed by atoms with E-state index < -0.39 is 0 Å². The van der Waals surface area contributed by atoms with Gasteiger partial charge in [0.05, 0.1) is 5.92 Å². The molecule has 2 fully saturated rings. The zero-order valence-corrected chi connectivity index (χ0v) is 13.5. The van der Waals surface area contributed by atoms with Crippen LogP contribution in [0.3, 0.4) is 0 Å². The fourth-order valence-corrected chi connectivity index (χ4v) is 3.82. The summed E-state index contributed by atoms with van der Waals surface area (Å²) in [6.45, 7) is 2.99. The Morgan fingerprint density at radius 2 is 1.82 bits per heavy atom. The Kier molecular flexibility index (Phi) is 5.49. The minimum atomic E-state index is 0.180. The van der Waals surface area contributed by atoms with Crippen LogP contribution in [-0.4, -0.2) is 29.9 Å². The Morgan fingerprint density at radius 3 is 2.59 bits per heavy atom. The van der Waals surface area contributed by atoms with E-state index in [0.29, 0.717) is 11.9 Å². The number of hydrogen-bond acceptors (Lipinski definition) is 2. The van der Waals surface area contributed by atoms with Gasteiger partial charge in [-0.25, -0.2) is 0 Å². The van der Waals surface area contributed by atoms with Crippen LogP contribution in [0.4, 0.5) is 0 Å². The largest absolute Gasteiger partial charge is 0.353 e. The van der Waals surface area contributed by atoms with Crippen LogP contribution in [0.25, 0.3) is 0 Å². The molecule has 2 aliphatic rings. The summed E-state index contributed by atoms with van der Waals surface area (Å²) in [5.74, 6) is 0.476. The fraction of sp³-hybridized carbons (Fsp3) is 0.632. The molecule has 1 heterocycles. The Hall–Kier alpha value is -1.35. The minimum Gasteiger partial charge on any atom is -0.353 e. The molecule has 0 radical (unpaired) electrons. The van der Waals surface area contributed by atoms with Gasteiger partial charge >= 0.3 is 0 Å². The van der Waals surface area contributed by atoms with Crippen molar-refractivity contribution in [1.82, 2.24) is 10.2 Å². The first-order chi connectivity index (χ1) is 10.8. The summed E-state index contributed by atoms with van der Waals surface area (Å²) in [4.78, 5) is 15.0. The number of likely N-dealkylation sites (tertiary alicyclic amines) is 1. The number of carbonyl (C=O) groups excluding carboxylic acids is 1. The maximum Gasteiger partial charge on any atom is 0.224 e. The minimum absolute atomic E-state index is 0.180. The predicted molar refractivity (Wildman–Crippen MR) is 89.5 cm³/mol. The maximum atomic E-state index is 12.5. The highest BCUT2D eigenvalue weighted by Gasteiger charge is 2.27. The average Bonchev–Trinajstić information content (AvgIpc) is 2.57. The number of nitrogens with zero attached hydrogens (tertiary/aromatic N) is 1. The van der Waals surface area contributed by atoms with E-state index in [1.54, 1.807) is 0 Å². The molecule has 3 nitrogen and oxygen atoms in total. The van der Waals surface area contributed by atoms with Crippen molar-refractivity contribution in [2.45, 2.75) is 57.5 Å². The van der Waals surface area contributed by atoms with E-state index in [1.165, 1.54) is 37.7 Å². The molecule has 1 saturated heterocycles. The smallest absolute Gasteiger partial charge is 0.224 e. The van der Waals surface area contributed by atoms with Crippen LogP contribution in [0.5, 0.6) is 0 Å². The number of hydrogen-bond donors (Lipinski definition) is 1. The number of benzene rings is 1. The lowest BCUT2D eigenvalue weighted by Crippen LogP contribution is -2.46. The predicted octanol–water partition coefficient (Wildman–Crippen LogP) is 3.35. The van der Waals surface area contributed by atoms with Crippen molar-refractivity contribution in [3.8, 4) is 0 Å². The molecular formula is C19H28N2O. The zero-order valence-electron chi connectivity index (χ0n) is 13.5. The Morgan fingerprint density at radius 1 is 1.05 bits per heavy atom. The standard InChI is InChI=1S/C19H28N2O/c22-19(20-18-11-5-2-6-12-18)17-10-7-13-21(15-17)14-16-8-3-1-4-9-16/h1,3-4,8-9,17-18H,2,5-7,10-15H2,(H,20,22)/t17-/m1/s1. The average molecular weight is 300 g/mol. The second-order valence-electron chi connectivity index (χ2n) is 6.90. The molecule has 120 valence electrons. The third kappa shape index (κ3) is 4.33. The second kappa shape index (κ2) is 7.77. The fourth-order valence-electron chi connectivity index (χ4n) is 3.82. The summed E-state index contributed by atoms with van der Waals surface area (Å²) in [6, 6.07) is 11.0. The summed E-state index contributed by atoms with van der Waals surface area (Å²) in [6.07, 6.45) is 8.41. The van der Waals surface area contributed by atoms with Crippen molar-refractivity contribution in [1.29, 1.82) is 0 Å². The van der Waals surface area contributed by atoms with Crippen LogP contribution in [0.2, 0.25) is 0 Å². The van der Waals surface area contributed by atoms with Crippen LogP contribution < -0.4 is 5.32 Å². The van der Waals surface area contributed by atoms with Crippen LogP contribution in [0.15, 0.2) is 30.3 Å². The van der Waals surface area contributed by atoms with Gasteiger partial charge in [0.1, 0.15) is 0 Å². The lowest BCUT2D eigenvalue weighted by Gasteiger charge is -2.33. The summed E-state index contributed by atoms with van der Waals surface area (Å²) < 4.78 is 0. The highest BCUT2D eigenvalue weighted by atomic mass is 16.2. The summed E-state index contributed by atoms with van der Waals surface area (Å²) in [5, 5.41) is 3.31. The van der Waals surface area contributed by atoms with Crippen molar-refractivity contribution in [2.75, 3.05) is 13.1 Å². The first-order valence-corrected chi connectivity index (χ1v) is 8.88. The van der Waals surface area contributed by atoms with Gasteiger partial charge in [0, 0.05) is 19.1 Å². The molecule has 0 bridgehead atoms. The van der Waals surface area contributed by atoms with Crippen LogP contribution in [0.1, 0.15) is 50.5 Å². The van der Waals surface area contributed by atoms with Gasteiger partial charge in [-0.15, -0.1) is 0 Å². The van der Waals surface area contributed by atoms with Crippen molar-refractivity contribution in [2.24, 2.45) is 5.92 Å². The molecule has 0 spiro atoms. The first-order valence-electron chi connectivity index (χ1n) is 8.88. The van der Waals surface area contributed by atoms with Crippen molar-refractivity contribution in [3.63, 3.8) is 0 Å². The van der Waals surface area contributed by atoms with Gasteiger partial charge in [0.2, 0.25) is 5.91 Å². The molecule has 1 N–H and O–H groups in total. The lowest BCUT2D eigenvalue weighted by molar-refractivity contribution is -0.127. The number of rotatable bonds is 4. The maximum absolute atomic E-state index is 12.5. The highest BCUT2D eigenvalue weighted by Crippen LogP contribution is 2.21. The molecule has 1 amide bonds. The second-order valence-corrected chi connectivity index (χ2v) is 6.90. The van der Waals surface area contributed by atoms with E-state index in [-0.39, 0.29) is 5.92 Å². The molecule has 3 heteroatoms. The molecular weight excluding hydrogens is 272 g/mol. The van der Waals surface area contributed by atoms with Gasteiger partial charge in [-0.2, -0.15) is 0 Å². The molecule has 1 aliphatic heterocycles. The Labute approximate surface area is 134 Å². The molecule has 0 unspecified atom stereocenters. The van der Waals surface area contributed by atoms with Gasteiger partial charge in [-0.1, -0.05) is 49.6 Å². The van der Waals surface area contributed by atoms with Crippen LogP contribution >= 0.6 is 0 Å². The Balaban J connectivity index is 1.50. The number of amides is 1. The van der Waals surface area contributed by atoms with E-state index in [1.807, 2.05) is 0 Å². The van der Waals surface area contributed by atoms with Crippen LogP contribution in [0, 0.1) is 5.92 Å². The van der Waals surface area contributed by atoms with Crippen molar-refractivity contribution >= 4 is 5.91 Å². The van der Waals surface area contributed by atoms with E-state index in [0.717, 1.165) is 32.5 Å². The van der Waals surface area contributed by atoms with E-state index in [2.05, 4.69) is 40.5 Å². The molecule has 1 aliphatic carbocycles. The van der Waals surface area contributed by atoms with Gasteiger partial charge < -0.3 is 5.32 Å². The molecule has 1 atom stereocenters. The molecule has 0 aromatic heterocycles. The van der Waals surface area contributed by atoms with Crippen molar-refractivity contribution < 1.29 is 4.79 Å². The van der Waals surface area contributed by atoms with E-state index >= 15 is 0 Å². The quantitative estimate of drug-likeness (QED) is 0.925. The number of carbonyl (C=O) groups is 1. The monoisotopic (exact) mass is 300 g/mol. The first kappa shape index (κ1) is 15.5. The summed E-state index contributed by atoms with van der Waals surface area (Å²) in [5.41, 5.74) is 1.34. The molecule has 1 aromatic carbocycles. The van der Waals surface area contributed by atoms with E-state index in [4.69, 9.17) is 0 Å². The van der Waals surface area contributed by atoms with Gasteiger partial charge in [-0.05, 0) is 37.8 Å². The number of piperidine rings is 1. The van der Waals surface area contributed by atoms with E-state index in [9.17, 15) is 4.79 Å². The highest BCUT2D eigenvalue weighted by molar-refractivity contribution is 5.79. The molecule has 22 heavy (non-hydrogen) atoms. The number of nitrogens with one attached hydrogen (secondary N) is 1. The third-order valence-corrected chi connectivity index (χ3v) is 5.08. The Bertz CT molecular complexity index is 468. The van der Waals surface area contributed by atoms with Gasteiger partial charge in [0.15, 0.2) is 0 Å². The zero-order chi connectivity index (χ0) is 15.2. The molecule has 3 rings (SSSR count). The molecule has 1 aromatic rings.